The molecule has 1 unspecified atom stereocenters. The Balaban J connectivity index is 2.23. The van der Waals surface area contributed by atoms with Gasteiger partial charge in [-0.05, 0) is 18.6 Å². The summed E-state index contributed by atoms with van der Waals surface area (Å²) in [6, 6.07) is 5.69. The third-order valence-corrected chi connectivity index (χ3v) is 3.09. The topological polar surface area (TPSA) is 61.0 Å². The first kappa shape index (κ1) is 13.7. The first-order chi connectivity index (χ1) is 9.11. The number of hydrogen-bond acceptors (Lipinski definition) is 4. The Morgan fingerprint density at radius 3 is 2.89 bits per heavy atom. The van der Waals surface area contributed by atoms with Crippen molar-refractivity contribution in [2.45, 2.75) is 12.5 Å². The minimum absolute atomic E-state index is 0.256. The SMILES string of the molecule is COc1cc(C(N)Cc2c(F)cccc2Cl)ncn1. The molecule has 4 nitrogen and oxygen atoms in total. The van der Waals surface area contributed by atoms with Crippen molar-refractivity contribution in [1.29, 1.82) is 0 Å². The van der Waals surface area contributed by atoms with Crippen molar-refractivity contribution >= 4 is 11.6 Å². The molecule has 0 amide bonds. The maximum absolute atomic E-state index is 13.7. The van der Waals surface area contributed by atoms with Crippen LogP contribution < -0.4 is 10.5 Å². The zero-order chi connectivity index (χ0) is 13.8. The van der Waals surface area contributed by atoms with Crippen LogP contribution in [0.2, 0.25) is 5.02 Å². The summed E-state index contributed by atoms with van der Waals surface area (Å²) in [6.07, 6.45) is 1.61. The molecule has 1 aromatic heterocycles. The first-order valence-corrected chi connectivity index (χ1v) is 6.04. The zero-order valence-electron chi connectivity index (χ0n) is 10.3. The Morgan fingerprint density at radius 1 is 1.42 bits per heavy atom. The third-order valence-electron chi connectivity index (χ3n) is 2.74. The van der Waals surface area contributed by atoms with Gasteiger partial charge in [-0.25, -0.2) is 14.4 Å². The number of methoxy groups -OCH3 is 1. The van der Waals surface area contributed by atoms with Gasteiger partial charge in [0, 0.05) is 16.7 Å². The molecule has 0 radical (unpaired) electrons. The predicted molar refractivity (Wildman–Crippen MR) is 70.6 cm³/mol. The molecule has 1 aromatic carbocycles. The molecule has 1 heterocycles. The molecule has 2 aromatic rings. The second kappa shape index (κ2) is 5.95. The second-order valence-electron chi connectivity index (χ2n) is 4.00. The molecule has 0 saturated carbocycles. The van der Waals surface area contributed by atoms with Crippen LogP contribution in [-0.2, 0) is 6.42 Å². The fraction of sp³-hybridized carbons (Fsp3) is 0.231. The monoisotopic (exact) mass is 281 g/mol. The lowest BCUT2D eigenvalue weighted by atomic mass is 10.0. The third kappa shape index (κ3) is 3.19. The molecule has 2 N–H and O–H groups in total. The molecule has 0 aliphatic rings. The quantitative estimate of drug-likeness (QED) is 0.935. The van der Waals surface area contributed by atoms with Crippen molar-refractivity contribution in [3.05, 3.63) is 52.7 Å². The van der Waals surface area contributed by atoms with Crippen LogP contribution in [0.1, 0.15) is 17.3 Å². The fourth-order valence-corrected chi connectivity index (χ4v) is 1.96. The highest BCUT2D eigenvalue weighted by Crippen LogP contribution is 2.24. The Labute approximate surface area is 115 Å². The summed E-state index contributed by atoms with van der Waals surface area (Å²) < 4.78 is 18.7. The summed E-state index contributed by atoms with van der Waals surface area (Å²) in [4.78, 5) is 7.95. The van der Waals surface area contributed by atoms with Gasteiger partial charge in [0.15, 0.2) is 0 Å². The van der Waals surface area contributed by atoms with Gasteiger partial charge in [0.1, 0.15) is 12.1 Å². The highest BCUT2D eigenvalue weighted by molar-refractivity contribution is 6.31. The summed E-state index contributed by atoms with van der Waals surface area (Å²) in [6.45, 7) is 0. The normalized spacial score (nSPS) is 12.2. The molecule has 100 valence electrons. The number of ether oxygens (including phenoxy) is 1. The van der Waals surface area contributed by atoms with E-state index in [0.717, 1.165) is 0 Å². The summed E-state index contributed by atoms with van der Waals surface area (Å²) in [5, 5.41) is 0.358. The zero-order valence-corrected chi connectivity index (χ0v) is 11.1. The molecule has 0 spiro atoms. The van der Waals surface area contributed by atoms with Crippen LogP contribution in [0.15, 0.2) is 30.6 Å². The van der Waals surface area contributed by atoms with Gasteiger partial charge in [-0.3, -0.25) is 0 Å². The highest BCUT2D eigenvalue weighted by Gasteiger charge is 2.15. The molecule has 0 aliphatic carbocycles. The maximum Gasteiger partial charge on any atom is 0.216 e. The largest absolute Gasteiger partial charge is 0.481 e. The van der Waals surface area contributed by atoms with Gasteiger partial charge in [-0.2, -0.15) is 0 Å². The van der Waals surface area contributed by atoms with E-state index in [2.05, 4.69) is 9.97 Å². The number of nitrogens with zero attached hydrogens (tertiary/aromatic N) is 2. The summed E-state index contributed by atoms with van der Waals surface area (Å²) in [5.41, 5.74) is 6.98. The van der Waals surface area contributed by atoms with Crippen molar-refractivity contribution < 1.29 is 9.13 Å². The number of rotatable bonds is 4. The Morgan fingerprint density at radius 2 is 2.21 bits per heavy atom. The lowest BCUT2D eigenvalue weighted by Crippen LogP contribution is -2.16. The number of aromatic nitrogens is 2. The van der Waals surface area contributed by atoms with E-state index in [1.807, 2.05) is 0 Å². The van der Waals surface area contributed by atoms with Gasteiger partial charge in [-0.1, -0.05) is 17.7 Å². The van der Waals surface area contributed by atoms with Gasteiger partial charge in [-0.15, -0.1) is 0 Å². The van der Waals surface area contributed by atoms with Crippen LogP contribution in [0.3, 0.4) is 0 Å². The van der Waals surface area contributed by atoms with Gasteiger partial charge in [0.2, 0.25) is 5.88 Å². The summed E-state index contributed by atoms with van der Waals surface area (Å²) in [7, 11) is 1.51. The average Bonchev–Trinajstić information content (AvgIpc) is 2.43. The molecule has 0 bridgehead atoms. The van der Waals surface area contributed by atoms with E-state index in [-0.39, 0.29) is 12.2 Å². The molecular formula is C13H13ClFN3O. The number of halogens is 2. The van der Waals surface area contributed by atoms with Crippen LogP contribution in [0.4, 0.5) is 4.39 Å². The number of benzene rings is 1. The van der Waals surface area contributed by atoms with Crippen LogP contribution in [0.25, 0.3) is 0 Å². The summed E-state index contributed by atoms with van der Waals surface area (Å²) >= 11 is 5.97. The fourth-order valence-electron chi connectivity index (χ4n) is 1.72. The molecule has 0 fully saturated rings. The van der Waals surface area contributed by atoms with E-state index in [1.165, 1.54) is 19.5 Å². The van der Waals surface area contributed by atoms with Gasteiger partial charge in [0.05, 0.1) is 18.8 Å². The molecule has 19 heavy (non-hydrogen) atoms. The van der Waals surface area contributed by atoms with E-state index in [9.17, 15) is 4.39 Å². The smallest absolute Gasteiger partial charge is 0.216 e. The van der Waals surface area contributed by atoms with Crippen molar-refractivity contribution in [2.24, 2.45) is 5.73 Å². The van der Waals surface area contributed by atoms with Gasteiger partial charge in [0.25, 0.3) is 0 Å². The molecule has 6 heteroatoms. The first-order valence-electron chi connectivity index (χ1n) is 5.66. The maximum atomic E-state index is 13.7. The highest BCUT2D eigenvalue weighted by atomic mass is 35.5. The Kier molecular flexibility index (Phi) is 4.29. The van der Waals surface area contributed by atoms with Crippen molar-refractivity contribution in [1.82, 2.24) is 9.97 Å². The molecule has 0 saturated heterocycles. The summed E-state index contributed by atoms with van der Waals surface area (Å²) in [5.74, 6) is 0.0454. The molecular weight excluding hydrogens is 269 g/mol. The van der Waals surface area contributed by atoms with Crippen molar-refractivity contribution in [3.63, 3.8) is 0 Å². The lowest BCUT2D eigenvalue weighted by molar-refractivity contribution is 0.395. The van der Waals surface area contributed by atoms with E-state index >= 15 is 0 Å². The standard InChI is InChI=1S/C13H13ClFN3O/c1-19-13-6-12(17-7-18-13)11(16)5-8-9(14)3-2-4-10(8)15/h2-4,6-7,11H,5,16H2,1H3. The van der Waals surface area contributed by atoms with E-state index in [4.69, 9.17) is 22.1 Å². The number of nitrogens with two attached hydrogens (primary N) is 1. The van der Waals surface area contributed by atoms with E-state index in [1.54, 1.807) is 18.2 Å². The van der Waals surface area contributed by atoms with Crippen molar-refractivity contribution in [2.75, 3.05) is 7.11 Å². The number of hydrogen-bond donors (Lipinski definition) is 1. The Bertz CT molecular complexity index is 559. The van der Waals surface area contributed by atoms with Crippen molar-refractivity contribution in [3.8, 4) is 5.88 Å². The van der Waals surface area contributed by atoms with Crippen LogP contribution in [-0.4, -0.2) is 17.1 Å². The van der Waals surface area contributed by atoms with E-state index in [0.29, 0.717) is 22.2 Å². The minimum Gasteiger partial charge on any atom is -0.481 e. The lowest BCUT2D eigenvalue weighted by Gasteiger charge is -2.13. The van der Waals surface area contributed by atoms with Crippen LogP contribution in [0.5, 0.6) is 5.88 Å². The van der Waals surface area contributed by atoms with Crippen LogP contribution in [0, 0.1) is 5.82 Å². The molecule has 1 atom stereocenters. The van der Waals surface area contributed by atoms with E-state index < -0.39 is 6.04 Å². The second-order valence-corrected chi connectivity index (χ2v) is 4.40. The predicted octanol–water partition coefficient (Wildman–Crippen LogP) is 2.52. The van der Waals surface area contributed by atoms with Gasteiger partial charge < -0.3 is 10.5 Å². The average molecular weight is 282 g/mol. The Hall–Kier alpha value is -1.72. The van der Waals surface area contributed by atoms with Gasteiger partial charge >= 0.3 is 0 Å². The van der Waals surface area contributed by atoms with Crippen LogP contribution >= 0.6 is 11.6 Å². The molecule has 0 aliphatic heterocycles. The minimum atomic E-state index is -0.480. The molecule has 2 rings (SSSR count).